The molecule has 0 unspecified atom stereocenters. The number of nitrogens with one attached hydrogen (secondary N) is 1. The Morgan fingerprint density at radius 3 is 2.53 bits per heavy atom. The van der Waals surface area contributed by atoms with Gasteiger partial charge in [-0.3, -0.25) is 15.0 Å². The first-order valence-corrected chi connectivity index (χ1v) is 10.4. The molecule has 0 spiro atoms. The van der Waals surface area contributed by atoms with Crippen molar-refractivity contribution < 1.29 is 24.2 Å². The van der Waals surface area contributed by atoms with Crippen LogP contribution in [0.25, 0.3) is 6.08 Å². The number of hydrogen-bond acceptors (Lipinski definition) is 7. The number of rotatable bonds is 7. The van der Waals surface area contributed by atoms with Gasteiger partial charge in [-0.2, -0.15) is 5.01 Å². The molecule has 2 aromatic rings. The van der Waals surface area contributed by atoms with Crippen LogP contribution in [0.4, 0.5) is 0 Å². The summed E-state index contributed by atoms with van der Waals surface area (Å²) in [6.07, 6.45) is 1.63. The minimum Gasteiger partial charge on any atom is -0.504 e. The summed E-state index contributed by atoms with van der Waals surface area (Å²) in [4.78, 5) is 25.6. The summed E-state index contributed by atoms with van der Waals surface area (Å²) in [5, 5.41) is 10.9. The number of hydrazine groups is 1. The minimum atomic E-state index is -0.459. The smallest absolute Gasteiger partial charge is 0.285 e. The Kier molecular flexibility index (Phi) is 6.96. The summed E-state index contributed by atoms with van der Waals surface area (Å²) < 4.78 is 10.9. The zero-order valence-electron chi connectivity index (χ0n) is 16.4. The van der Waals surface area contributed by atoms with Gasteiger partial charge < -0.3 is 14.6 Å². The van der Waals surface area contributed by atoms with Crippen LogP contribution in [0, 0.1) is 0 Å². The van der Waals surface area contributed by atoms with Crippen LogP contribution in [0.3, 0.4) is 0 Å². The first kappa shape index (κ1) is 21.7. The average Bonchev–Trinajstić information content (AvgIpc) is 2.99. The van der Waals surface area contributed by atoms with Crippen LogP contribution in [0.15, 0.2) is 47.4 Å². The van der Waals surface area contributed by atoms with Crippen molar-refractivity contribution in [3.8, 4) is 17.2 Å². The third-order valence-corrected chi connectivity index (χ3v) is 5.32. The number of amides is 2. The largest absolute Gasteiger partial charge is 0.504 e. The molecule has 9 heteroatoms. The van der Waals surface area contributed by atoms with Crippen LogP contribution in [0.2, 0.25) is 0 Å². The van der Waals surface area contributed by atoms with Gasteiger partial charge in [0.15, 0.2) is 15.8 Å². The highest BCUT2D eigenvalue weighted by atomic mass is 32.2. The molecule has 0 radical (unpaired) electrons. The number of aromatic hydroxyl groups is 1. The van der Waals surface area contributed by atoms with Crippen LogP contribution in [-0.2, 0) is 4.79 Å². The summed E-state index contributed by atoms with van der Waals surface area (Å²) in [7, 11) is 0. The molecule has 2 amide bonds. The van der Waals surface area contributed by atoms with Gasteiger partial charge >= 0.3 is 0 Å². The number of thioether (sulfide) groups is 1. The lowest BCUT2D eigenvalue weighted by molar-refractivity contribution is -0.123. The van der Waals surface area contributed by atoms with E-state index in [0.717, 1.165) is 16.8 Å². The summed E-state index contributed by atoms with van der Waals surface area (Å²) in [6.45, 7) is 4.61. The van der Waals surface area contributed by atoms with Gasteiger partial charge in [0.25, 0.3) is 11.8 Å². The van der Waals surface area contributed by atoms with Gasteiger partial charge in [0.1, 0.15) is 5.75 Å². The molecule has 0 atom stereocenters. The number of nitrogens with zero attached hydrogens (tertiary/aromatic N) is 1. The molecule has 0 aliphatic carbocycles. The molecule has 0 aromatic heterocycles. The molecule has 1 fully saturated rings. The monoisotopic (exact) mass is 444 g/mol. The van der Waals surface area contributed by atoms with Crippen LogP contribution < -0.4 is 14.9 Å². The topological polar surface area (TPSA) is 88.1 Å². The molecule has 0 saturated carbocycles. The summed E-state index contributed by atoms with van der Waals surface area (Å²) in [6, 6.07) is 11.4. The molecule has 2 N–H and O–H groups in total. The first-order chi connectivity index (χ1) is 14.4. The summed E-state index contributed by atoms with van der Waals surface area (Å²) in [5.41, 5.74) is 3.57. The van der Waals surface area contributed by atoms with Crippen molar-refractivity contribution in [1.82, 2.24) is 10.4 Å². The van der Waals surface area contributed by atoms with Gasteiger partial charge in [-0.05, 0) is 74.1 Å². The molecule has 1 aliphatic rings. The van der Waals surface area contributed by atoms with E-state index in [0.29, 0.717) is 40.7 Å². The molecule has 2 aromatic carbocycles. The van der Waals surface area contributed by atoms with E-state index in [-0.39, 0.29) is 10.1 Å². The molecule has 7 nitrogen and oxygen atoms in total. The van der Waals surface area contributed by atoms with Gasteiger partial charge in [-0.1, -0.05) is 17.8 Å². The van der Waals surface area contributed by atoms with Crippen LogP contribution in [0.1, 0.15) is 29.8 Å². The first-order valence-electron chi connectivity index (χ1n) is 9.20. The number of carbonyl (C=O) groups is 2. The Bertz CT molecular complexity index is 1000. The lowest BCUT2D eigenvalue weighted by Crippen LogP contribution is -2.44. The third kappa shape index (κ3) is 4.92. The average molecular weight is 445 g/mol. The Balaban J connectivity index is 1.73. The third-order valence-electron chi connectivity index (χ3n) is 4.02. The lowest BCUT2D eigenvalue weighted by Gasteiger charge is -2.15. The van der Waals surface area contributed by atoms with Gasteiger partial charge in [-0.25, -0.2) is 0 Å². The standard InChI is InChI=1S/C21H20N2O5S2/c1-3-27-15-8-6-14(7-9-15)19(25)22-23-20(26)18(30-21(23)29)12-13-5-10-16(24)17(11-13)28-4-2/h5-12,24H,3-4H2,1-2H3,(H,22,25). The van der Waals surface area contributed by atoms with Gasteiger partial charge in [0, 0.05) is 5.56 Å². The molecule has 30 heavy (non-hydrogen) atoms. The number of phenolic OH excluding ortho intramolecular Hbond substituents is 1. The Morgan fingerprint density at radius 1 is 1.17 bits per heavy atom. The van der Waals surface area contributed by atoms with Crippen LogP contribution in [-0.4, -0.2) is 39.5 Å². The number of benzene rings is 2. The fourth-order valence-electron chi connectivity index (χ4n) is 2.64. The van der Waals surface area contributed by atoms with E-state index in [9.17, 15) is 14.7 Å². The van der Waals surface area contributed by atoms with E-state index in [1.807, 2.05) is 13.8 Å². The van der Waals surface area contributed by atoms with Crippen molar-refractivity contribution >= 4 is 46.2 Å². The SMILES string of the molecule is CCOc1ccc(C(=O)NN2C(=O)C(=Cc3ccc(O)c(OCC)c3)SC2=S)cc1. The lowest BCUT2D eigenvalue weighted by atomic mass is 10.2. The van der Waals surface area contributed by atoms with E-state index in [4.69, 9.17) is 21.7 Å². The van der Waals surface area contributed by atoms with Crippen molar-refractivity contribution in [1.29, 1.82) is 0 Å². The summed E-state index contributed by atoms with van der Waals surface area (Å²) >= 11 is 6.33. The zero-order chi connectivity index (χ0) is 21.7. The quantitative estimate of drug-likeness (QED) is 0.497. The van der Waals surface area contributed by atoms with Gasteiger partial charge in [-0.15, -0.1) is 0 Å². The van der Waals surface area contributed by atoms with Crippen LogP contribution >= 0.6 is 24.0 Å². The van der Waals surface area contributed by atoms with Gasteiger partial charge in [0.05, 0.1) is 18.1 Å². The molecular weight excluding hydrogens is 424 g/mol. The van der Waals surface area contributed by atoms with Crippen molar-refractivity contribution in [3.63, 3.8) is 0 Å². The Morgan fingerprint density at radius 2 is 1.87 bits per heavy atom. The number of phenols is 1. The number of hydrogen-bond donors (Lipinski definition) is 2. The highest BCUT2D eigenvalue weighted by Crippen LogP contribution is 2.33. The molecular formula is C21H20N2O5S2. The fourth-order valence-corrected chi connectivity index (χ4v) is 3.82. The van der Waals surface area contributed by atoms with Crippen molar-refractivity contribution in [2.75, 3.05) is 13.2 Å². The van der Waals surface area contributed by atoms with E-state index < -0.39 is 11.8 Å². The van der Waals surface area contributed by atoms with E-state index >= 15 is 0 Å². The predicted octanol–water partition coefficient (Wildman–Crippen LogP) is 3.74. The fraction of sp³-hybridized carbons (Fsp3) is 0.190. The number of thiocarbonyl (C=S) groups is 1. The Hall–Kier alpha value is -3.04. The maximum atomic E-state index is 12.7. The van der Waals surface area contributed by atoms with E-state index in [1.165, 1.54) is 6.07 Å². The Labute approximate surface area is 183 Å². The zero-order valence-corrected chi connectivity index (χ0v) is 18.0. The highest BCUT2D eigenvalue weighted by Gasteiger charge is 2.33. The molecule has 1 aliphatic heterocycles. The second-order valence-corrected chi connectivity index (χ2v) is 7.75. The van der Waals surface area contributed by atoms with Gasteiger partial charge in [0.2, 0.25) is 0 Å². The second kappa shape index (κ2) is 9.64. The maximum absolute atomic E-state index is 12.7. The molecule has 3 rings (SSSR count). The molecule has 1 saturated heterocycles. The minimum absolute atomic E-state index is 0.0177. The molecule has 1 heterocycles. The van der Waals surface area contributed by atoms with Crippen LogP contribution in [0.5, 0.6) is 17.2 Å². The summed E-state index contributed by atoms with van der Waals surface area (Å²) in [5.74, 6) is 0.104. The number of carbonyl (C=O) groups excluding carboxylic acids is 2. The maximum Gasteiger partial charge on any atom is 0.285 e. The molecule has 156 valence electrons. The second-order valence-electron chi connectivity index (χ2n) is 6.08. The van der Waals surface area contributed by atoms with Crippen molar-refractivity contribution in [3.05, 3.63) is 58.5 Å². The van der Waals surface area contributed by atoms with Crippen molar-refractivity contribution in [2.45, 2.75) is 13.8 Å². The van der Waals surface area contributed by atoms with E-state index in [1.54, 1.807) is 42.5 Å². The number of ether oxygens (including phenoxy) is 2. The molecule has 0 bridgehead atoms. The van der Waals surface area contributed by atoms with E-state index in [2.05, 4.69) is 5.43 Å². The normalized spacial score (nSPS) is 14.9. The van der Waals surface area contributed by atoms with Crippen molar-refractivity contribution in [2.24, 2.45) is 0 Å². The highest BCUT2D eigenvalue weighted by molar-refractivity contribution is 8.26. The predicted molar refractivity (Wildman–Crippen MR) is 119 cm³/mol.